The highest BCUT2D eigenvalue weighted by molar-refractivity contribution is 9.09. The quantitative estimate of drug-likeness (QED) is 0.552. The molecule has 1 heterocycles. The van der Waals surface area contributed by atoms with Gasteiger partial charge in [-0.3, -0.25) is 9.59 Å². The molecule has 1 amide bonds. The number of thioether (sulfide) groups is 1. The summed E-state index contributed by atoms with van der Waals surface area (Å²) in [6.07, 6.45) is -6.17. The van der Waals surface area contributed by atoms with Crippen molar-refractivity contribution in [2.45, 2.75) is 24.6 Å². The molecule has 1 aliphatic heterocycles. The molecule has 0 aliphatic carbocycles. The minimum absolute atomic E-state index is 0.0359. The molecule has 0 radical (unpaired) electrons. The van der Waals surface area contributed by atoms with Crippen molar-refractivity contribution >= 4 is 39.4 Å². The zero-order chi connectivity index (χ0) is 15.6. The Labute approximate surface area is 124 Å². The van der Waals surface area contributed by atoms with Crippen LogP contribution in [-0.2, 0) is 9.59 Å². The maximum atomic E-state index is 13.1. The van der Waals surface area contributed by atoms with E-state index in [1.165, 1.54) is 11.8 Å². The first-order chi connectivity index (χ1) is 9.11. The van der Waals surface area contributed by atoms with Crippen molar-refractivity contribution in [2.75, 3.05) is 23.4 Å². The molecule has 3 nitrogen and oxygen atoms in total. The van der Waals surface area contributed by atoms with Gasteiger partial charge in [-0.25, -0.2) is 0 Å². The number of Topliss-reactive ketones (excluding diaryl/α,β-unsaturated/α-hetero) is 1. The first kappa shape index (κ1) is 17.7. The first-order valence-corrected chi connectivity index (χ1v) is 7.80. The van der Waals surface area contributed by atoms with E-state index in [1.54, 1.807) is 0 Å². The lowest BCUT2D eigenvalue weighted by Gasteiger charge is -2.37. The number of amides is 1. The molecule has 0 spiro atoms. The highest BCUT2D eigenvalue weighted by Crippen LogP contribution is 2.38. The molecule has 1 aliphatic rings. The molecule has 0 aromatic carbocycles. The van der Waals surface area contributed by atoms with Gasteiger partial charge in [0, 0.05) is 30.5 Å². The Morgan fingerprint density at radius 2 is 1.85 bits per heavy atom. The lowest BCUT2D eigenvalue weighted by molar-refractivity contribution is -0.275. The van der Waals surface area contributed by atoms with Crippen molar-refractivity contribution in [1.29, 1.82) is 0 Å². The number of ketones is 1. The zero-order valence-electron chi connectivity index (χ0n) is 10.1. The lowest BCUT2D eigenvalue weighted by Crippen LogP contribution is -2.57. The zero-order valence-corrected chi connectivity index (χ0v) is 12.5. The molecular weight excluding hydrogens is 373 g/mol. The maximum Gasteiger partial charge on any atom is 0.463 e. The average Bonchev–Trinajstić information content (AvgIpc) is 2.37. The predicted molar refractivity (Wildman–Crippen MR) is 67.2 cm³/mol. The Balaban J connectivity index is 2.90. The van der Waals surface area contributed by atoms with E-state index in [9.17, 15) is 31.5 Å². The van der Waals surface area contributed by atoms with Gasteiger partial charge < -0.3 is 4.90 Å². The second-order valence-corrected chi connectivity index (χ2v) is 5.89. The summed E-state index contributed by atoms with van der Waals surface area (Å²) in [5.41, 5.74) is 0. The van der Waals surface area contributed by atoms with Gasteiger partial charge in [0.1, 0.15) is 5.78 Å². The minimum Gasteiger partial charge on any atom is -0.332 e. The van der Waals surface area contributed by atoms with E-state index in [0.717, 1.165) is 0 Å². The van der Waals surface area contributed by atoms with Crippen LogP contribution >= 0.6 is 27.7 Å². The Kier molecular flexibility index (Phi) is 5.82. The molecule has 0 saturated carbocycles. The standard InChI is InChI=1S/C10H11BrF5NO2S/c11-4-7(18)3-6-5-20-2-1-17(6)8(19)9(12,13)10(14,15)16/h6H,1-5H2. The summed E-state index contributed by atoms with van der Waals surface area (Å²) in [5, 5.41) is -0.0359. The van der Waals surface area contributed by atoms with Crippen molar-refractivity contribution in [3.05, 3.63) is 0 Å². The summed E-state index contributed by atoms with van der Waals surface area (Å²) in [4.78, 5) is 23.2. The molecule has 1 fully saturated rings. The molecule has 0 aromatic heterocycles. The topological polar surface area (TPSA) is 37.4 Å². The largest absolute Gasteiger partial charge is 0.463 e. The Morgan fingerprint density at radius 1 is 1.25 bits per heavy atom. The normalized spacial score (nSPS) is 20.9. The monoisotopic (exact) mass is 383 g/mol. The number of halogens is 6. The summed E-state index contributed by atoms with van der Waals surface area (Å²) < 4.78 is 62.8. The molecule has 1 rings (SSSR count). The van der Waals surface area contributed by atoms with Crippen molar-refractivity contribution in [1.82, 2.24) is 4.90 Å². The number of nitrogens with zero attached hydrogens (tertiary/aromatic N) is 1. The second kappa shape index (κ2) is 6.59. The summed E-state index contributed by atoms with van der Waals surface area (Å²) in [7, 11) is 0. The van der Waals surface area contributed by atoms with Crippen LogP contribution in [0.3, 0.4) is 0 Å². The first-order valence-electron chi connectivity index (χ1n) is 5.52. The molecule has 116 valence electrons. The minimum atomic E-state index is -5.93. The Hall–Kier alpha value is -0.380. The molecule has 0 N–H and O–H groups in total. The van der Waals surface area contributed by atoms with Crippen molar-refractivity contribution in [3.63, 3.8) is 0 Å². The van der Waals surface area contributed by atoms with Crippen LogP contribution in [0.4, 0.5) is 22.0 Å². The predicted octanol–water partition coefficient (Wildman–Crippen LogP) is 2.48. The number of carbonyl (C=O) groups excluding carboxylic acids is 2. The molecule has 20 heavy (non-hydrogen) atoms. The van der Waals surface area contributed by atoms with Crippen LogP contribution < -0.4 is 0 Å². The van der Waals surface area contributed by atoms with Gasteiger partial charge in [0.15, 0.2) is 0 Å². The third-order valence-corrected chi connectivity index (χ3v) is 4.44. The molecule has 10 heteroatoms. The van der Waals surface area contributed by atoms with Crippen LogP contribution in [-0.4, -0.2) is 58.1 Å². The average molecular weight is 384 g/mol. The van der Waals surface area contributed by atoms with Crippen molar-refractivity contribution in [2.24, 2.45) is 0 Å². The van der Waals surface area contributed by atoms with Crippen LogP contribution in [0.25, 0.3) is 0 Å². The fourth-order valence-electron chi connectivity index (χ4n) is 1.71. The summed E-state index contributed by atoms with van der Waals surface area (Å²) in [6.45, 7) is -0.227. The molecule has 0 aromatic rings. The number of hydrogen-bond donors (Lipinski definition) is 0. The number of hydrogen-bond acceptors (Lipinski definition) is 3. The Morgan fingerprint density at radius 3 is 2.35 bits per heavy atom. The van der Waals surface area contributed by atoms with Gasteiger partial charge in [0.25, 0.3) is 0 Å². The van der Waals surface area contributed by atoms with Crippen LogP contribution in [0.2, 0.25) is 0 Å². The Bertz CT molecular complexity index is 390. The lowest BCUT2D eigenvalue weighted by atomic mass is 10.1. The fourth-order valence-corrected chi connectivity index (χ4v) is 3.00. The van der Waals surface area contributed by atoms with Gasteiger partial charge in [-0.1, -0.05) is 15.9 Å². The van der Waals surface area contributed by atoms with E-state index in [1.807, 2.05) is 0 Å². The van der Waals surface area contributed by atoms with Crippen LogP contribution in [0.1, 0.15) is 6.42 Å². The molecule has 0 bridgehead atoms. The van der Waals surface area contributed by atoms with E-state index >= 15 is 0 Å². The number of alkyl halides is 6. The molecule has 1 saturated heterocycles. The van der Waals surface area contributed by atoms with Crippen LogP contribution in [0.15, 0.2) is 0 Å². The van der Waals surface area contributed by atoms with Crippen molar-refractivity contribution in [3.8, 4) is 0 Å². The van der Waals surface area contributed by atoms with E-state index in [-0.39, 0.29) is 35.6 Å². The summed E-state index contributed by atoms with van der Waals surface area (Å²) >= 11 is 4.19. The third-order valence-electron chi connectivity index (χ3n) is 2.73. The highest BCUT2D eigenvalue weighted by atomic mass is 79.9. The van der Waals surface area contributed by atoms with Gasteiger partial charge in [-0.05, 0) is 0 Å². The number of rotatable bonds is 4. The van der Waals surface area contributed by atoms with Gasteiger partial charge in [-0.15, -0.1) is 0 Å². The second-order valence-electron chi connectivity index (χ2n) is 4.18. The molecule has 1 unspecified atom stereocenters. The summed E-state index contributed by atoms with van der Waals surface area (Å²) in [6, 6.07) is -0.931. The van der Waals surface area contributed by atoms with Crippen LogP contribution in [0, 0.1) is 0 Å². The number of carbonyl (C=O) groups is 2. The fraction of sp³-hybridized carbons (Fsp3) is 0.800. The van der Waals surface area contributed by atoms with E-state index in [0.29, 0.717) is 4.90 Å². The van der Waals surface area contributed by atoms with E-state index < -0.39 is 24.0 Å². The smallest absolute Gasteiger partial charge is 0.332 e. The van der Waals surface area contributed by atoms with Gasteiger partial charge in [0.2, 0.25) is 0 Å². The van der Waals surface area contributed by atoms with E-state index in [2.05, 4.69) is 15.9 Å². The van der Waals surface area contributed by atoms with Gasteiger partial charge >= 0.3 is 18.0 Å². The SMILES string of the molecule is O=C(CBr)CC1CSCCN1C(=O)C(F)(F)C(F)(F)F. The van der Waals surface area contributed by atoms with Crippen LogP contribution in [0.5, 0.6) is 0 Å². The van der Waals surface area contributed by atoms with Gasteiger partial charge in [0.05, 0.1) is 5.33 Å². The molecular formula is C10H11BrF5NO2S. The highest BCUT2D eigenvalue weighted by Gasteiger charge is 2.65. The molecule has 1 atom stereocenters. The summed E-state index contributed by atoms with van der Waals surface area (Å²) in [5.74, 6) is -7.63. The van der Waals surface area contributed by atoms with E-state index in [4.69, 9.17) is 0 Å². The maximum absolute atomic E-state index is 13.1. The van der Waals surface area contributed by atoms with Crippen molar-refractivity contribution < 1.29 is 31.5 Å². The van der Waals surface area contributed by atoms with Gasteiger partial charge in [-0.2, -0.15) is 33.7 Å². The third kappa shape index (κ3) is 3.84.